The Morgan fingerprint density at radius 1 is 0.861 bits per heavy atom. The lowest BCUT2D eigenvalue weighted by atomic mass is 10.1. The molecule has 0 bridgehead atoms. The number of methoxy groups -OCH3 is 1. The Morgan fingerprint density at radius 3 is 2.22 bits per heavy atom. The summed E-state index contributed by atoms with van der Waals surface area (Å²) in [6.07, 6.45) is 3.96. The summed E-state index contributed by atoms with van der Waals surface area (Å²) in [4.78, 5) is 48.2. The minimum atomic E-state index is -0.344. The Bertz CT molecular complexity index is 1070. The summed E-state index contributed by atoms with van der Waals surface area (Å²) >= 11 is 0. The molecule has 0 saturated heterocycles. The van der Waals surface area contributed by atoms with Gasteiger partial charge in [-0.25, -0.2) is 4.79 Å². The fourth-order valence-corrected chi connectivity index (χ4v) is 4.19. The van der Waals surface area contributed by atoms with Crippen LogP contribution in [0.4, 0.5) is 21.9 Å². The van der Waals surface area contributed by atoms with Crippen LogP contribution in [0.1, 0.15) is 50.5 Å². The van der Waals surface area contributed by atoms with Crippen molar-refractivity contribution < 1.29 is 23.9 Å². The lowest BCUT2D eigenvalue weighted by molar-refractivity contribution is -0.140. The van der Waals surface area contributed by atoms with Crippen LogP contribution in [0, 0.1) is 12.8 Å². The highest BCUT2D eigenvalue weighted by molar-refractivity contribution is 6.00. The number of esters is 1. The van der Waals surface area contributed by atoms with Gasteiger partial charge in [0.25, 0.3) is 0 Å². The topological polar surface area (TPSA) is 126 Å². The first-order valence-corrected chi connectivity index (χ1v) is 12.2. The van der Waals surface area contributed by atoms with Crippen LogP contribution in [0.25, 0.3) is 0 Å². The monoisotopic (exact) mass is 494 g/mol. The molecule has 1 saturated carbocycles. The predicted octanol–water partition coefficient (Wildman–Crippen LogP) is 4.60. The summed E-state index contributed by atoms with van der Waals surface area (Å²) in [5.74, 6) is -0.579. The van der Waals surface area contributed by atoms with Gasteiger partial charge in [-0.1, -0.05) is 18.2 Å². The Hall–Kier alpha value is -3.88. The predicted molar refractivity (Wildman–Crippen MR) is 139 cm³/mol. The molecule has 0 aromatic heterocycles. The van der Waals surface area contributed by atoms with Crippen molar-refractivity contribution in [3.63, 3.8) is 0 Å². The van der Waals surface area contributed by atoms with E-state index in [1.165, 1.54) is 7.11 Å². The molecule has 2 aromatic carbocycles. The van der Waals surface area contributed by atoms with Gasteiger partial charge in [0, 0.05) is 41.9 Å². The molecule has 0 radical (unpaired) electrons. The first kappa shape index (κ1) is 26.7. The molecule has 0 heterocycles. The van der Waals surface area contributed by atoms with Crippen molar-refractivity contribution in [2.45, 2.75) is 57.9 Å². The zero-order valence-corrected chi connectivity index (χ0v) is 20.8. The third kappa shape index (κ3) is 8.41. The summed E-state index contributed by atoms with van der Waals surface area (Å²) in [6, 6.07) is 14.1. The maximum absolute atomic E-state index is 12.7. The van der Waals surface area contributed by atoms with E-state index >= 15 is 0 Å². The molecule has 0 unspecified atom stereocenters. The van der Waals surface area contributed by atoms with Crippen LogP contribution in [0.5, 0.6) is 0 Å². The lowest BCUT2D eigenvalue weighted by Crippen LogP contribution is -2.33. The van der Waals surface area contributed by atoms with Crippen LogP contribution >= 0.6 is 0 Å². The fourth-order valence-electron chi connectivity index (χ4n) is 4.19. The van der Waals surface area contributed by atoms with Gasteiger partial charge in [0.05, 0.1) is 7.11 Å². The highest BCUT2D eigenvalue weighted by atomic mass is 16.5. The molecule has 9 nitrogen and oxygen atoms in total. The van der Waals surface area contributed by atoms with E-state index in [2.05, 4.69) is 26.0 Å². The second-order valence-electron chi connectivity index (χ2n) is 9.02. The van der Waals surface area contributed by atoms with Crippen molar-refractivity contribution >= 4 is 40.9 Å². The van der Waals surface area contributed by atoms with Crippen molar-refractivity contribution in [1.29, 1.82) is 0 Å². The van der Waals surface area contributed by atoms with Gasteiger partial charge < -0.3 is 26.0 Å². The van der Waals surface area contributed by atoms with Gasteiger partial charge in [-0.15, -0.1) is 0 Å². The standard InChI is InChI=1S/C27H34N4O5/c1-18-7-3-4-8-23(18)31-27(35)30-21-15-13-20(14-16-21)29-26(34)19-11-12-22(17-19)28-24(32)9-5-6-10-25(33)36-2/h3-4,7-8,13-16,19,22H,5-6,9-12,17H2,1-2H3,(H,28,32)(H,29,34)(H2,30,31,35)/t19-,22+/m1/s1. The molecule has 9 heteroatoms. The van der Waals surface area contributed by atoms with E-state index in [1.807, 2.05) is 31.2 Å². The zero-order chi connectivity index (χ0) is 25.9. The lowest BCUT2D eigenvalue weighted by Gasteiger charge is -2.14. The number of hydrogen-bond acceptors (Lipinski definition) is 5. The molecule has 1 aliphatic rings. The number of anilines is 3. The zero-order valence-electron chi connectivity index (χ0n) is 20.8. The van der Waals surface area contributed by atoms with E-state index < -0.39 is 0 Å². The van der Waals surface area contributed by atoms with E-state index in [0.29, 0.717) is 49.9 Å². The Morgan fingerprint density at radius 2 is 1.53 bits per heavy atom. The molecule has 4 N–H and O–H groups in total. The number of ether oxygens (including phenoxy) is 1. The van der Waals surface area contributed by atoms with Crippen molar-refractivity contribution in [3.8, 4) is 0 Å². The quantitative estimate of drug-likeness (QED) is 0.284. The first-order valence-electron chi connectivity index (χ1n) is 12.2. The first-order chi connectivity index (χ1) is 17.3. The van der Waals surface area contributed by atoms with Gasteiger partial charge in [-0.05, 0) is 74.9 Å². The van der Waals surface area contributed by atoms with Crippen LogP contribution < -0.4 is 21.3 Å². The number of urea groups is 1. The molecule has 36 heavy (non-hydrogen) atoms. The van der Waals surface area contributed by atoms with Crippen molar-refractivity contribution in [2.75, 3.05) is 23.1 Å². The van der Waals surface area contributed by atoms with Crippen LogP contribution in [0.2, 0.25) is 0 Å². The molecule has 1 fully saturated rings. The highest BCUT2D eigenvalue weighted by Gasteiger charge is 2.30. The molecule has 2 aromatic rings. The second kappa shape index (κ2) is 13.3. The smallest absolute Gasteiger partial charge is 0.323 e. The molecule has 192 valence electrons. The molecule has 3 rings (SSSR count). The van der Waals surface area contributed by atoms with Crippen molar-refractivity contribution in [2.24, 2.45) is 5.92 Å². The number of aryl methyl sites for hydroxylation is 1. The van der Waals surface area contributed by atoms with Crippen molar-refractivity contribution in [1.82, 2.24) is 5.32 Å². The SMILES string of the molecule is COC(=O)CCCCC(=O)N[C@H]1CC[C@@H](C(=O)Nc2ccc(NC(=O)Nc3ccccc3C)cc2)C1. The Balaban J connectivity index is 1.38. The van der Waals surface area contributed by atoms with Gasteiger partial charge in [-0.3, -0.25) is 14.4 Å². The number of benzene rings is 2. The number of rotatable bonds is 10. The Labute approximate surface area is 211 Å². The summed E-state index contributed by atoms with van der Waals surface area (Å²) in [6.45, 7) is 1.92. The summed E-state index contributed by atoms with van der Waals surface area (Å²) in [7, 11) is 1.35. The number of unbranched alkanes of at least 4 members (excludes halogenated alkanes) is 1. The number of hydrogen-bond donors (Lipinski definition) is 4. The third-order valence-electron chi connectivity index (χ3n) is 6.23. The number of carbonyl (C=O) groups excluding carboxylic acids is 4. The third-order valence-corrected chi connectivity index (χ3v) is 6.23. The molecule has 4 amide bonds. The molecular formula is C27H34N4O5. The van der Waals surface area contributed by atoms with E-state index in [9.17, 15) is 19.2 Å². The average Bonchev–Trinajstić information content (AvgIpc) is 3.33. The van der Waals surface area contributed by atoms with Crippen LogP contribution in [-0.4, -0.2) is 37.0 Å². The minimum Gasteiger partial charge on any atom is -0.469 e. The fraction of sp³-hybridized carbons (Fsp3) is 0.407. The van der Waals surface area contributed by atoms with Crippen LogP contribution in [0.15, 0.2) is 48.5 Å². The summed E-state index contributed by atoms with van der Waals surface area (Å²) < 4.78 is 4.59. The molecular weight excluding hydrogens is 460 g/mol. The summed E-state index contributed by atoms with van der Waals surface area (Å²) in [5, 5.41) is 11.5. The minimum absolute atomic E-state index is 0.0211. The van der Waals surface area contributed by atoms with Crippen LogP contribution in [-0.2, 0) is 19.1 Å². The van der Waals surface area contributed by atoms with E-state index in [4.69, 9.17) is 0 Å². The molecule has 0 spiro atoms. The average molecular weight is 495 g/mol. The normalized spacial score (nSPS) is 16.6. The van der Waals surface area contributed by atoms with E-state index in [1.54, 1.807) is 24.3 Å². The van der Waals surface area contributed by atoms with Gasteiger partial charge in [0.2, 0.25) is 11.8 Å². The van der Waals surface area contributed by atoms with E-state index in [-0.39, 0.29) is 35.8 Å². The van der Waals surface area contributed by atoms with Gasteiger partial charge in [0.15, 0.2) is 0 Å². The maximum Gasteiger partial charge on any atom is 0.323 e. The van der Waals surface area contributed by atoms with Gasteiger partial charge in [0.1, 0.15) is 0 Å². The van der Waals surface area contributed by atoms with Crippen LogP contribution in [0.3, 0.4) is 0 Å². The van der Waals surface area contributed by atoms with Crippen molar-refractivity contribution in [3.05, 3.63) is 54.1 Å². The van der Waals surface area contributed by atoms with E-state index in [0.717, 1.165) is 17.7 Å². The molecule has 2 atom stereocenters. The maximum atomic E-state index is 12.7. The summed E-state index contributed by atoms with van der Waals surface area (Å²) in [5.41, 5.74) is 2.95. The Kier molecular flexibility index (Phi) is 9.85. The second-order valence-corrected chi connectivity index (χ2v) is 9.02. The number of para-hydroxylation sites is 1. The molecule has 0 aliphatic heterocycles. The number of carbonyl (C=O) groups is 4. The number of nitrogens with one attached hydrogen (secondary N) is 4. The number of amides is 4. The highest BCUT2D eigenvalue weighted by Crippen LogP contribution is 2.27. The molecule has 1 aliphatic carbocycles. The van der Waals surface area contributed by atoms with Gasteiger partial charge in [-0.2, -0.15) is 0 Å². The largest absolute Gasteiger partial charge is 0.469 e. The van der Waals surface area contributed by atoms with Gasteiger partial charge >= 0.3 is 12.0 Å².